The van der Waals surface area contributed by atoms with Gasteiger partial charge in [-0.1, -0.05) is 24.3 Å². The second-order valence-corrected chi connectivity index (χ2v) is 6.91. The molecule has 2 saturated heterocycles. The average molecular weight is 287 g/mol. The van der Waals surface area contributed by atoms with Gasteiger partial charge in [-0.25, -0.2) is 0 Å². The number of amides is 1. The van der Waals surface area contributed by atoms with E-state index in [1.165, 1.54) is 0 Å². The zero-order valence-corrected chi connectivity index (χ0v) is 13.1. The summed E-state index contributed by atoms with van der Waals surface area (Å²) in [5, 5.41) is 2.98. The van der Waals surface area contributed by atoms with E-state index in [-0.39, 0.29) is 30.3 Å². The zero-order valence-electron chi connectivity index (χ0n) is 13.1. The van der Waals surface area contributed by atoms with Crippen molar-refractivity contribution in [2.75, 3.05) is 0 Å². The fourth-order valence-electron chi connectivity index (χ4n) is 2.73. The SMILES string of the molecule is CC1(C)OB(c2ccc([C@@H]3CCC(=O)N3)cc2)OC1(C)C. The van der Waals surface area contributed by atoms with Crippen LogP contribution >= 0.6 is 0 Å². The van der Waals surface area contributed by atoms with E-state index in [4.69, 9.17) is 9.31 Å². The van der Waals surface area contributed by atoms with Gasteiger partial charge in [0.25, 0.3) is 0 Å². The number of carbonyl (C=O) groups excluding carboxylic acids is 1. The van der Waals surface area contributed by atoms with Crippen molar-refractivity contribution in [1.82, 2.24) is 5.32 Å². The number of hydrogen-bond acceptors (Lipinski definition) is 3. The van der Waals surface area contributed by atoms with Crippen LogP contribution in [0.15, 0.2) is 24.3 Å². The van der Waals surface area contributed by atoms with Crippen LogP contribution in [0.5, 0.6) is 0 Å². The Hall–Kier alpha value is -1.33. The quantitative estimate of drug-likeness (QED) is 0.846. The van der Waals surface area contributed by atoms with Crippen molar-refractivity contribution in [2.45, 2.75) is 57.8 Å². The van der Waals surface area contributed by atoms with Crippen molar-refractivity contribution in [3.05, 3.63) is 29.8 Å². The van der Waals surface area contributed by atoms with Gasteiger partial charge in [0, 0.05) is 6.42 Å². The Labute approximate surface area is 126 Å². The molecule has 112 valence electrons. The van der Waals surface area contributed by atoms with Crippen molar-refractivity contribution in [3.63, 3.8) is 0 Å². The molecule has 5 heteroatoms. The summed E-state index contributed by atoms with van der Waals surface area (Å²) in [5.41, 5.74) is 1.51. The molecule has 1 aromatic rings. The predicted molar refractivity (Wildman–Crippen MR) is 82.3 cm³/mol. The highest BCUT2D eigenvalue weighted by atomic mass is 16.7. The van der Waals surface area contributed by atoms with Gasteiger partial charge in [-0.05, 0) is 45.1 Å². The van der Waals surface area contributed by atoms with E-state index in [1.54, 1.807) is 0 Å². The minimum absolute atomic E-state index is 0.134. The maximum absolute atomic E-state index is 11.3. The summed E-state index contributed by atoms with van der Waals surface area (Å²) in [6.07, 6.45) is 1.48. The minimum atomic E-state index is -0.331. The van der Waals surface area contributed by atoms with E-state index in [2.05, 4.69) is 45.1 Å². The summed E-state index contributed by atoms with van der Waals surface area (Å²) >= 11 is 0. The number of carbonyl (C=O) groups is 1. The second kappa shape index (κ2) is 4.85. The summed E-state index contributed by atoms with van der Waals surface area (Å²) < 4.78 is 12.1. The van der Waals surface area contributed by atoms with Crippen LogP contribution in [0, 0.1) is 0 Å². The van der Waals surface area contributed by atoms with Crippen LogP contribution in [0.25, 0.3) is 0 Å². The first kappa shape index (κ1) is 14.6. The Balaban J connectivity index is 1.75. The van der Waals surface area contributed by atoms with E-state index in [0.717, 1.165) is 17.4 Å². The van der Waals surface area contributed by atoms with Crippen molar-refractivity contribution in [2.24, 2.45) is 0 Å². The molecule has 1 N–H and O–H groups in total. The molecular weight excluding hydrogens is 265 g/mol. The first-order valence-corrected chi connectivity index (χ1v) is 7.53. The summed E-state index contributed by atoms with van der Waals surface area (Å²) in [6.45, 7) is 8.20. The van der Waals surface area contributed by atoms with Gasteiger partial charge in [0.15, 0.2) is 0 Å². The second-order valence-electron chi connectivity index (χ2n) is 6.91. The Morgan fingerprint density at radius 2 is 1.67 bits per heavy atom. The molecular formula is C16H22BNO3. The standard InChI is InChI=1S/C16H22BNO3/c1-15(2)16(3,4)21-17(20-15)12-7-5-11(6-8-12)13-9-10-14(19)18-13/h5-8,13H,9-10H2,1-4H3,(H,18,19)/t13-/m0/s1. The summed E-state index contributed by atoms with van der Waals surface area (Å²) in [5.74, 6) is 0.134. The van der Waals surface area contributed by atoms with Crippen molar-refractivity contribution in [3.8, 4) is 0 Å². The molecule has 2 aliphatic heterocycles. The fraction of sp³-hybridized carbons (Fsp3) is 0.562. The third kappa shape index (κ3) is 2.60. The molecule has 0 bridgehead atoms. The molecule has 3 rings (SSSR count). The van der Waals surface area contributed by atoms with Crippen molar-refractivity contribution >= 4 is 18.5 Å². The lowest BCUT2D eigenvalue weighted by Crippen LogP contribution is -2.41. The Kier molecular flexibility index (Phi) is 3.37. The van der Waals surface area contributed by atoms with Crippen LogP contribution in [-0.2, 0) is 14.1 Å². The average Bonchev–Trinajstić information content (AvgIpc) is 2.92. The first-order valence-electron chi connectivity index (χ1n) is 7.53. The van der Waals surface area contributed by atoms with Gasteiger partial charge in [0.1, 0.15) is 0 Å². The number of nitrogens with one attached hydrogen (secondary N) is 1. The number of hydrogen-bond donors (Lipinski definition) is 1. The lowest BCUT2D eigenvalue weighted by molar-refractivity contribution is -0.119. The van der Waals surface area contributed by atoms with Gasteiger partial charge in [-0.2, -0.15) is 0 Å². The van der Waals surface area contributed by atoms with Crippen LogP contribution in [0.1, 0.15) is 52.1 Å². The summed E-state index contributed by atoms with van der Waals surface area (Å²) in [4.78, 5) is 11.3. The lowest BCUT2D eigenvalue weighted by atomic mass is 9.78. The molecule has 0 spiro atoms. The summed E-state index contributed by atoms with van der Waals surface area (Å²) in [7, 11) is -0.331. The Morgan fingerprint density at radius 3 is 2.14 bits per heavy atom. The number of rotatable bonds is 2. The van der Waals surface area contributed by atoms with Gasteiger partial charge in [0.2, 0.25) is 5.91 Å². The van der Waals surface area contributed by atoms with Crippen LogP contribution in [-0.4, -0.2) is 24.2 Å². The van der Waals surface area contributed by atoms with Gasteiger partial charge < -0.3 is 14.6 Å². The molecule has 2 aliphatic rings. The molecule has 2 fully saturated rings. The molecule has 0 unspecified atom stereocenters. The maximum atomic E-state index is 11.3. The molecule has 1 atom stereocenters. The first-order chi connectivity index (χ1) is 9.78. The normalized spacial score (nSPS) is 27.0. The highest BCUT2D eigenvalue weighted by molar-refractivity contribution is 6.62. The lowest BCUT2D eigenvalue weighted by Gasteiger charge is -2.32. The third-order valence-electron chi connectivity index (χ3n) is 4.86. The molecule has 2 heterocycles. The molecule has 1 amide bonds. The van der Waals surface area contributed by atoms with Crippen LogP contribution in [0.3, 0.4) is 0 Å². The van der Waals surface area contributed by atoms with Gasteiger partial charge in [-0.3, -0.25) is 4.79 Å². The van der Waals surface area contributed by atoms with E-state index in [0.29, 0.717) is 6.42 Å². The van der Waals surface area contributed by atoms with Crippen molar-refractivity contribution < 1.29 is 14.1 Å². The van der Waals surface area contributed by atoms with E-state index in [1.807, 2.05) is 12.1 Å². The van der Waals surface area contributed by atoms with Crippen molar-refractivity contribution in [1.29, 1.82) is 0 Å². The van der Waals surface area contributed by atoms with Gasteiger partial charge >= 0.3 is 7.12 Å². The number of benzene rings is 1. The topological polar surface area (TPSA) is 47.6 Å². The van der Waals surface area contributed by atoms with E-state index >= 15 is 0 Å². The smallest absolute Gasteiger partial charge is 0.399 e. The molecule has 0 aromatic heterocycles. The van der Waals surface area contributed by atoms with Crippen LogP contribution < -0.4 is 10.8 Å². The Morgan fingerprint density at radius 1 is 1.10 bits per heavy atom. The van der Waals surface area contributed by atoms with Crippen LogP contribution in [0.4, 0.5) is 0 Å². The molecule has 4 nitrogen and oxygen atoms in total. The predicted octanol–water partition coefficient (Wildman–Crippen LogP) is 1.94. The highest BCUT2D eigenvalue weighted by Crippen LogP contribution is 2.36. The molecule has 1 aromatic carbocycles. The zero-order chi connectivity index (χ0) is 15.3. The fourth-order valence-corrected chi connectivity index (χ4v) is 2.73. The third-order valence-corrected chi connectivity index (χ3v) is 4.86. The van der Waals surface area contributed by atoms with Gasteiger partial charge in [0.05, 0.1) is 17.2 Å². The van der Waals surface area contributed by atoms with E-state index in [9.17, 15) is 4.79 Å². The molecule has 0 saturated carbocycles. The molecule has 21 heavy (non-hydrogen) atoms. The minimum Gasteiger partial charge on any atom is -0.399 e. The van der Waals surface area contributed by atoms with Gasteiger partial charge in [-0.15, -0.1) is 0 Å². The monoisotopic (exact) mass is 287 g/mol. The largest absolute Gasteiger partial charge is 0.494 e. The van der Waals surface area contributed by atoms with Crippen LogP contribution in [0.2, 0.25) is 0 Å². The Bertz CT molecular complexity index is 537. The summed E-state index contributed by atoms with van der Waals surface area (Å²) in [6, 6.07) is 8.31. The highest BCUT2D eigenvalue weighted by Gasteiger charge is 2.51. The molecule has 0 aliphatic carbocycles. The van der Waals surface area contributed by atoms with E-state index < -0.39 is 0 Å². The maximum Gasteiger partial charge on any atom is 0.494 e. The molecule has 0 radical (unpaired) electrons.